The summed E-state index contributed by atoms with van der Waals surface area (Å²) in [4.78, 5) is 23.2. The van der Waals surface area contributed by atoms with E-state index >= 15 is 0 Å². The largest absolute Gasteiger partial charge is 0.508 e. The number of aromatic hydroxyl groups is 1. The van der Waals surface area contributed by atoms with Gasteiger partial charge in [0, 0.05) is 5.56 Å². The summed E-state index contributed by atoms with van der Waals surface area (Å²) in [5.41, 5.74) is 1.06. The number of Topliss-reactive ketones (excluding diaryl/α,β-unsaturated/α-hetero) is 1. The topological polar surface area (TPSA) is 63.6 Å². The normalized spacial score (nSPS) is 15.8. The molecular formula is C16H20O4. The van der Waals surface area contributed by atoms with Gasteiger partial charge in [-0.2, -0.15) is 0 Å². The minimum atomic E-state index is -0.877. The maximum atomic E-state index is 11.8. The van der Waals surface area contributed by atoms with E-state index in [-0.39, 0.29) is 17.9 Å². The van der Waals surface area contributed by atoms with Crippen molar-refractivity contribution in [3.8, 4) is 5.75 Å². The molecule has 0 heterocycles. The summed E-state index contributed by atoms with van der Waals surface area (Å²) in [6.45, 7) is 1.81. The van der Waals surface area contributed by atoms with Crippen LogP contribution in [-0.2, 0) is 9.53 Å². The minimum Gasteiger partial charge on any atom is -0.508 e. The Labute approximate surface area is 118 Å². The lowest BCUT2D eigenvalue weighted by Gasteiger charge is -2.22. The summed E-state index contributed by atoms with van der Waals surface area (Å²) < 4.78 is 4.67. The van der Waals surface area contributed by atoms with Crippen LogP contribution in [0.5, 0.6) is 5.75 Å². The molecule has 1 aromatic carbocycles. The average molecular weight is 276 g/mol. The van der Waals surface area contributed by atoms with Gasteiger partial charge < -0.3 is 9.84 Å². The molecule has 4 heteroatoms. The van der Waals surface area contributed by atoms with E-state index in [4.69, 9.17) is 0 Å². The van der Waals surface area contributed by atoms with Crippen molar-refractivity contribution in [2.75, 3.05) is 6.61 Å². The molecule has 1 aliphatic rings. The summed E-state index contributed by atoms with van der Waals surface area (Å²) in [6.07, 6.45) is 5.73. The molecular weight excluding hydrogens is 256 g/mol. The zero-order chi connectivity index (χ0) is 14.5. The lowest BCUT2D eigenvalue weighted by atomic mass is 9.83. The summed E-state index contributed by atoms with van der Waals surface area (Å²) in [5.74, 6) is -1.13. The zero-order valence-corrected chi connectivity index (χ0v) is 11.7. The summed E-state index contributed by atoms with van der Waals surface area (Å²) in [7, 11) is 0. The van der Waals surface area contributed by atoms with Gasteiger partial charge in [-0.15, -0.1) is 0 Å². The minimum absolute atomic E-state index is 0.104. The van der Waals surface area contributed by atoms with Crippen LogP contribution in [0.4, 0.5) is 0 Å². The number of carbonyl (C=O) groups is 2. The van der Waals surface area contributed by atoms with Crippen LogP contribution in [0.15, 0.2) is 18.2 Å². The third kappa shape index (κ3) is 3.18. The van der Waals surface area contributed by atoms with E-state index in [0.29, 0.717) is 5.92 Å². The molecule has 108 valence electrons. The Morgan fingerprint density at radius 3 is 2.55 bits per heavy atom. The highest BCUT2D eigenvalue weighted by molar-refractivity contribution is 6.40. The van der Waals surface area contributed by atoms with Crippen molar-refractivity contribution in [1.82, 2.24) is 0 Å². The molecule has 0 spiro atoms. The van der Waals surface area contributed by atoms with Crippen molar-refractivity contribution in [3.05, 3.63) is 29.3 Å². The molecule has 1 saturated carbocycles. The lowest BCUT2D eigenvalue weighted by molar-refractivity contribution is -0.137. The second-order valence-electron chi connectivity index (χ2n) is 5.16. The Kier molecular flexibility index (Phi) is 4.77. The quantitative estimate of drug-likeness (QED) is 0.521. The Hall–Kier alpha value is -1.84. The first-order valence-electron chi connectivity index (χ1n) is 7.17. The molecule has 0 radical (unpaired) electrons. The standard InChI is InChI=1S/C16H20O4/c1-2-20-16(19)15(18)12-8-9-13(14(17)10-12)11-6-4-3-5-7-11/h8-11,17H,2-7H2,1H3. The highest BCUT2D eigenvalue weighted by Crippen LogP contribution is 2.37. The van der Waals surface area contributed by atoms with Crippen LogP contribution in [0.1, 0.15) is 60.9 Å². The van der Waals surface area contributed by atoms with Gasteiger partial charge in [0.1, 0.15) is 5.75 Å². The van der Waals surface area contributed by atoms with E-state index < -0.39 is 11.8 Å². The number of benzene rings is 1. The van der Waals surface area contributed by atoms with Crippen LogP contribution in [0, 0.1) is 0 Å². The van der Waals surface area contributed by atoms with E-state index in [1.54, 1.807) is 19.1 Å². The molecule has 2 rings (SSSR count). The maximum Gasteiger partial charge on any atom is 0.379 e. The van der Waals surface area contributed by atoms with E-state index in [1.807, 2.05) is 0 Å². The first-order valence-corrected chi connectivity index (χ1v) is 7.17. The van der Waals surface area contributed by atoms with Gasteiger partial charge >= 0.3 is 5.97 Å². The summed E-state index contributed by atoms with van der Waals surface area (Å²) in [5, 5.41) is 10.1. The lowest BCUT2D eigenvalue weighted by Crippen LogP contribution is -2.17. The van der Waals surface area contributed by atoms with Gasteiger partial charge in [-0.25, -0.2) is 4.79 Å². The Morgan fingerprint density at radius 2 is 1.95 bits per heavy atom. The molecule has 0 bridgehead atoms. The monoisotopic (exact) mass is 276 g/mol. The van der Waals surface area contributed by atoms with Crippen LogP contribution >= 0.6 is 0 Å². The highest BCUT2D eigenvalue weighted by atomic mass is 16.5. The molecule has 0 amide bonds. The van der Waals surface area contributed by atoms with Crippen LogP contribution in [0.3, 0.4) is 0 Å². The Bertz CT molecular complexity index is 501. The number of phenols is 1. The van der Waals surface area contributed by atoms with E-state index in [9.17, 15) is 14.7 Å². The second kappa shape index (κ2) is 6.55. The SMILES string of the molecule is CCOC(=O)C(=O)c1ccc(C2CCCCC2)c(O)c1. The number of ketones is 1. The Morgan fingerprint density at radius 1 is 1.25 bits per heavy atom. The number of phenolic OH excluding ortho intramolecular Hbond substituents is 1. The van der Waals surface area contributed by atoms with Crippen molar-refractivity contribution in [1.29, 1.82) is 0 Å². The van der Waals surface area contributed by atoms with Gasteiger partial charge in [0.15, 0.2) is 0 Å². The fourth-order valence-electron chi connectivity index (χ4n) is 2.76. The number of hydrogen-bond donors (Lipinski definition) is 1. The molecule has 0 unspecified atom stereocenters. The average Bonchev–Trinajstić information content (AvgIpc) is 2.47. The molecule has 0 aromatic heterocycles. The number of rotatable bonds is 4. The van der Waals surface area contributed by atoms with Crippen molar-refractivity contribution >= 4 is 11.8 Å². The van der Waals surface area contributed by atoms with E-state index in [1.165, 1.54) is 25.3 Å². The Balaban J connectivity index is 2.16. The predicted molar refractivity (Wildman–Crippen MR) is 74.9 cm³/mol. The molecule has 1 fully saturated rings. The summed E-state index contributed by atoms with van der Waals surface area (Å²) >= 11 is 0. The molecule has 1 aromatic rings. The number of esters is 1. The number of ether oxygens (including phenoxy) is 1. The van der Waals surface area contributed by atoms with Crippen LogP contribution in [0.2, 0.25) is 0 Å². The molecule has 1 N–H and O–H groups in total. The van der Waals surface area contributed by atoms with Crippen molar-refractivity contribution < 1.29 is 19.4 Å². The molecule has 20 heavy (non-hydrogen) atoms. The van der Waals surface area contributed by atoms with Crippen LogP contribution < -0.4 is 0 Å². The van der Waals surface area contributed by atoms with Crippen LogP contribution in [0.25, 0.3) is 0 Å². The maximum absolute atomic E-state index is 11.8. The van der Waals surface area contributed by atoms with Gasteiger partial charge in [-0.1, -0.05) is 31.4 Å². The fourth-order valence-corrected chi connectivity index (χ4v) is 2.76. The molecule has 0 atom stereocenters. The first kappa shape index (κ1) is 14.6. The van der Waals surface area contributed by atoms with Gasteiger partial charge in [0.2, 0.25) is 0 Å². The first-order chi connectivity index (χ1) is 9.63. The third-order valence-corrected chi connectivity index (χ3v) is 3.80. The zero-order valence-electron chi connectivity index (χ0n) is 11.7. The second-order valence-corrected chi connectivity index (χ2v) is 5.16. The molecule has 0 aliphatic heterocycles. The predicted octanol–water partition coefficient (Wildman–Crippen LogP) is 3.19. The molecule has 4 nitrogen and oxygen atoms in total. The van der Waals surface area contributed by atoms with E-state index in [0.717, 1.165) is 18.4 Å². The van der Waals surface area contributed by atoms with Crippen LogP contribution in [-0.4, -0.2) is 23.5 Å². The third-order valence-electron chi connectivity index (χ3n) is 3.80. The molecule has 0 saturated heterocycles. The van der Waals surface area contributed by atoms with Crippen molar-refractivity contribution in [3.63, 3.8) is 0 Å². The fraction of sp³-hybridized carbons (Fsp3) is 0.500. The van der Waals surface area contributed by atoms with Crippen molar-refractivity contribution in [2.45, 2.75) is 44.9 Å². The van der Waals surface area contributed by atoms with Crippen molar-refractivity contribution in [2.24, 2.45) is 0 Å². The van der Waals surface area contributed by atoms with E-state index in [2.05, 4.69) is 4.74 Å². The van der Waals surface area contributed by atoms with Gasteiger partial charge in [0.05, 0.1) is 6.61 Å². The van der Waals surface area contributed by atoms with Gasteiger partial charge in [-0.3, -0.25) is 4.79 Å². The van der Waals surface area contributed by atoms with Gasteiger partial charge in [0.25, 0.3) is 5.78 Å². The number of carbonyl (C=O) groups excluding carboxylic acids is 2. The number of hydrogen-bond acceptors (Lipinski definition) is 4. The van der Waals surface area contributed by atoms with Gasteiger partial charge in [-0.05, 0) is 37.3 Å². The summed E-state index contributed by atoms with van der Waals surface area (Å²) in [6, 6.07) is 4.74. The highest BCUT2D eigenvalue weighted by Gasteiger charge is 2.22. The smallest absolute Gasteiger partial charge is 0.379 e. The molecule has 1 aliphatic carbocycles.